The van der Waals surface area contributed by atoms with E-state index in [1.165, 1.54) is 7.11 Å². The minimum Gasteiger partial charge on any atom is -0.494 e. The van der Waals surface area contributed by atoms with Crippen molar-refractivity contribution in [2.75, 3.05) is 19.5 Å². The van der Waals surface area contributed by atoms with E-state index in [1.807, 2.05) is 31.2 Å². The third-order valence-corrected chi connectivity index (χ3v) is 3.34. The zero-order valence-electron chi connectivity index (χ0n) is 11.8. The van der Waals surface area contributed by atoms with E-state index in [0.717, 1.165) is 22.8 Å². The van der Waals surface area contributed by atoms with Crippen LogP contribution < -0.4 is 15.2 Å². The molecule has 2 N–H and O–H groups in total. The number of hydrogen-bond donors (Lipinski definition) is 1. The molecule has 0 radical (unpaired) electrons. The maximum atomic E-state index is 11.6. The molecule has 0 saturated carbocycles. The van der Waals surface area contributed by atoms with Crippen LogP contribution in [0.3, 0.4) is 0 Å². The van der Waals surface area contributed by atoms with E-state index in [2.05, 4.69) is 9.11 Å². The molecule has 0 spiro atoms. The fraction of sp³-hybridized carbons (Fsp3) is 0.286. The summed E-state index contributed by atoms with van der Waals surface area (Å²) in [6.45, 7) is 2.83. The van der Waals surface area contributed by atoms with Crippen molar-refractivity contribution in [1.82, 2.24) is 4.37 Å². The van der Waals surface area contributed by atoms with Crippen LogP contribution in [-0.4, -0.2) is 24.1 Å². The molecule has 1 aromatic carbocycles. The largest absolute Gasteiger partial charge is 0.494 e. The Labute approximate surface area is 126 Å². The zero-order chi connectivity index (χ0) is 15.2. The molecule has 0 unspecified atom stereocenters. The van der Waals surface area contributed by atoms with Crippen molar-refractivity contribution in [1.29, 1.82) is 0 Å². The Kier molecular flexibility index (Phi) is 4.99. The first-order valence-electron chi connectivity index (χ1n) is 6.33. The third-order valence-electron chi connectivity index (χ3n) is 2.69. The molecule has 0 aliphatic rings. The lowest BCUT2D eigenvalue weighted by atomic mass is 10.2. The predicted molar refractivity (Wildman–Crippen MR) is 79.8 cm³/mol. The third kappa shape index (κ3) is 3.63. The van der Waals surface area contributed by atoms with E-state index in [9.17, 15) is 4.79 Å². The maximum Gasteiger partial charge on any atom is 0.346 e. The second-order valence-electron chi connectivity index (χ2n) is 4.08. The second-order valence-corrected chi connectivity index (χ2v) is 4.89. The van der Waals surface area contributed by atoms with E-state index in [4.69, 9.17) is 15.2 Å². The van der Waals surface area contributed by atoms with Crippen molar-refractivity contribution in [3.8, 4) is 11.6 Å². The summed E-state index contributed by atoms with van der Waals surface area (Å²) in [4.78, 5) is 11.6. The van der Waals surface area contributed by atoms with Gasteiger partial charge in [-0.25, -0.2) is 4.79 Å². The van der Waals surface area contributed by atoms with Gasteiger partial charge in [-0.05, 0) is 36.2 Å². The lowest BCUT2D eigenvalue weighted by molar-refractivity contribution is 0.0597. The summed E-state index contributed by atoms with van der Waals surface area (Å²) < 4.78 is 19.6. The van der Waals surface area contributed by atoms with Crippen molar-refractivity contribution >= 4 is 22.5 Å². The number of methoxy groups -OCH3 is 1. The molecule has 1 heterocycles. The quantitative estimate of drug-likeness (QED) is 0.825. The number of nitrogens with zero attached hydrogens (tertiary/aromatic N) is 1. The number of esters is 1. The Hall–Kier alpha value is -2.28. The minimum absolute atomic E-state index is 0.174. The molecular weight excluding hydrogens is 292 g/mol. The molecule has 0 atom stereocenters. The van der Waals surface area contributed by atoms with E-state index < -0.39 is 5.97 Å². The minimum atomic E-state index is -0.553. The average Bonchev–Trinajstić information content (AvgIpc) is 2.87. The molecule has 0 fully saturated rings. The van der Waals surface area contributed by atoms with Crippen LogP contribution in [0.15, 0.2) is 24.3 Å². The monoisotopic (exact) mass is 308 g/mol. The Balaban J connectivity index is 2.04. The van der Waals surface area contributed by atoms with Crippen LogP contribution in [-0.2, 0) is 11.3 Å². The number of carbonyl (C=O) groups is 1. The first-order valence-corrected chi connectivity index (χ1v) is 7.11. The first kappa shape index (κ1) is 15.1. The van der Waals surface area contributed by atoms with Gasteiger partial charge >= 0.3 is 5.97 Å². The van der Waals surface area contributed by atoms with Gasteiger partial charge in [-0.2, -0.15) is 4.37 Å². The molecule has 0 aliphatic carbocycles. The van der Waals surface area contributed by atoms with Crippen molar-refractivity contribution in [3.63, 3.8) is 0 Å². The normalized spacial score (nSPS) is 10.2. The first-order chi connectivity index (χ1) is 10.2. The van der Waals surface area contributed by atoms with E-state index >= 15 is 0 Å². The van der Waals surface area contributed by atoms with Crippen LogP contribution in [0.4, 0.5) is 5.00 Å². The number of ether oxygens (including phenoxy) is 3. The van der Waals surface area contributed by atoms with Gasteiger partial charge in [-0.3, -0.25) is 0 Å². The zero-order valence-corrected chi connectivity index (χ0v) is 12.6. The fourth-order valence-electron chi connectivity index (χ4n) is 1.68. The molecule has 112 valence electrons. The molecule has 0 bridgehead atoms. The van der Waals surface area contributed by atoms with Crippen LogP contribution >= 0.6 is 11.5 Å². The summed E-state index contributed by atoms with van der Waals surface area (Å²) in [7, 11) is 1.29. The van der Waals surface area contributed by atoms with Gasteiger partial charge in [0, 0.05) is 0 Å². The Bertz CT molecular complexity index is 610. The van der Waals surface area contributed by atoms with E-state index in [-0.39, 0.29) is 23.1 Å². The van der Waals surface area contributed by atoms with Crippen LogP contribution in [0.2, 0.25) is 0 Å². The molecule has 21 heavy (non-hydrogen) atoms. The molecule has 0 aliphatic heterocycles. The number of aromatic nitrogens is 1. The number of hydrogen-bond acceptors (Lipinski definition) is 7. The van der Waals surface area contributed by atoms with E-state index in [0.29, 0.717) is 6.61 Å². The summed E-state index contributed by atoms with van der Waals surface area (Å²) in [5.74, 6) is 0.440. The highest BCUT2D eigenvalue weighted by Crippen LogP contribution is 2.29. The predicted octanol–water partition coefficient (Wildman–Crippen LogP) is 2.49. The van der Waals surface area contributed by atoms with Crippen LogP contribution in [0.1, 0.15) is 22.8 Å². The second kappa shape index (κ2) is 6.94. The Morgan fingerprint density at radius 2 is 2.00 bits per heavy atom. The molecule has 1 aromatic heterocycles. The van der Waals surface area contributed by atoms with Crippen molar-refractivity contribution in [2.24, 2.45) is 0 Å². The van der Waals surface area contributed by atoms with Gasteiger partial charge in [0.05, 0.1) is 13.7 Å². The lowest BCUT2D eigenvalue weighted by Crippen LogP contribution is -2.06. The number of carbonyl (C=O) groups excluding carboxylic acids is 1. The summed E-state index contributed by atoms with van der Waals surface area (Å²) in [5.41, 5.74) is 6.80. The van der Waals surface area contributed by atoms with Gasteiger partial charge in [0.1, 0.15) is 17.4 Å². The molecular formula is C14H16N2O4S. The lowest BCUT2D eigenvalue weighted by Gasteiger charge is -2.07. The van der Waals surface area contributed by atoms with Gasteiger partial charge in [0.25, 0.3) is 0 Å². The number of nitrogens with two attached hydrogens (primary N) is 1. The summed E-state index contributed by atoms with van der Waals surface area (Å²) in [6, 6.07) is 7.49. The van der Waals surface area contributed by atoms with Crippen molar-refractivity contribution < 1.29 is 19.0 Å². The Morgan fingerprint density at radius 3 is 2.62 bits per heavy atom. The summed E-state index contributed by atoms with van der Waals surface area (Å²) in [6.07, 6.45) is 0. The van der Waals surface area contributed by atoms with E-state index in [1.54, 1.807) is 0 Å². The topological polar surface area (TPSA) is 83.7 Å². The standard InChI is InChI=1S/C14H16N2O4S/c1-3-19-10-6-4-9(5-7-10)8-20-13-11(14(17)18-2)12(15)21-16-13/h4-7H,3,8,15H2,1-2H3. The van der Waals surface area contributed by atoms with Crippen LogP contribution in [0, 0.1) is 0 Å². The average molecular weight is 308 g/mol. The van der Waals surface area contributed by atoms with Gasteiger partial charge in [0.15, 0.2) is 5.56 Å². The highest BCUT2D eigenvalue weighted by molar-refractivity contribution is 7.10. The van der Waals surface area contributed by atoms with Crippen molar-refractivity contribution in [3.05, 3.63) is 35.4 Å². The van der Waals surface area contributed by atoms with Crippen LogP contribution in [0.5, 0.6) is 11.6 Å². The van der Waals surface area contributed by atoms with Gasteiger partial charge in [0.2, 0.25) is 5.88 Å². The smallest absolute Gasteiger partial charge is 0.346 e. The molecule has 6 nitrogen and oxygen atoms in total. The summed E-state index contributed by atoms with van der Waals surface area (Å²) >= 11 is 1.00. The number of anilines is 1. The SMILES string of the molecule is CCOc1ccc(COc2nsc(N)c2C(=O)OC)cc1. The highest BCUT2D eigenvalue weighted by Gasteiger charge is 2.21. The van der Waals surface area contributed by atoms with Gasteiger partial charge < -0.3 is 19.9 Å². The number of rotatable bonds is 6. The Morgan fingerprint density at radius 1 is 1.29 bits per heavy atom. The fourth-order valence-corrected chi connectivity index (χ4v) is 2.26. The molecule has 2 rings (SSSR count). The highest BCUT2D eigenvalue weighted by atomic mass is 32.1. The van der Waals surface area contributed by atoms with Crippen molar-refractivity contribution in [2.45, 2.75) is 13.5 Å². The number of nitrogen functional groups attached to an aromatic ring is 1. The molecule has 0 amide bonds. The molecule has 2 aromatic rings. The van der Waals surface area contributed by atoms with Gasteiger partial charge in [-0.15, -0.1) is 0 Å². The van der Waals surface area contributed by atoms with Crippen LogP contribution in [0.25, 0.3) is 0 Å². The van der Waals surface area contributed by atoms with Gasteiger partial charge in [-0.1, -0.05) is 12.1 Å². The number of benzene rings is 1. The summed E-state index contributed by atoms with van der Waals surface area (Å²) in [5, 5.41) is 0.281. The molecule has 7 heteroatoms. The maximum absolute atomic E-state index is 11.6. The molecule has 0 saturated heterocycles.